The fraction of sp³-hybridized carbons (Fsp3) is 0.182. The van der Waals surface area contributed by atoms with Gasteiger partial charge < -0.3 is 4.90 Å². The number of benzene rings is 2. The molecule has 0 bridgehead atoms. The molecule has 0 atom stereocenters. The Hall–Kier alpha value is -3.21. The predicted molar refractivity (Wildman–Crippen MR) is 103 cm³/mol. The zero-order valence-electron chi connectivity index (χ0n) is 14.9. The van der Waals surface area contributed by atoms with Gasteiger partial charge in [0.05, 0.1) is 6.54 Å². The van der Waals surface area contributed by atoms with Gasteiger partial charge in [0.2, 0.25) is 0 Å². The third kappa shape index (κ3) is 3.97. The Morgan fingerprint density at radius 3 is 2.48 bits per heavy atom. The van der Waals surface area contributed by atoms with E-state index in [1.807, 2.05) is 46.1 Å². The van der Waals surface area contributed by atoms with Gasteiger partial charge >= 0.3 is 0 Å². The van der Waals surface area contributed by atoms with Crippen molar-refractivity contribution < 1.29 is 9.18 Å². The van der Waals surface area contributed by atoms with E-state index < -0.39 is 0 Å². The lowest BCUT2D eigenvalue weighted by molar-refractivity contribution is 0.0773. The minimum Gasteiger partial charge on any atom is -0.335 e. The molecule has 27 heavy (non-hydrogen) atoms. The van der Waals surface area contributed by atoms with E-state index in [-0.39, 0.29) is 11.7 Å². The summed E-state index contributed by atoms with van der Waals surface area (Å²) in [5.41, 5.74) is 3.98. The van der Waals surface area contributed by atoms with Crippen LogP contribution in [0.1, 0.15) is 27.9 Å². The summed E-state index contributed by atoms with van der Waals surface area (Å²) in [6.07, 6.45) is 6.50. The van der Waals surface area contributed by atoms with Crippen LogP contribution in [0.4, 0.5) is 4.39 Å². The van der Waals surface area contributed by atoms with Gasteiger partial charge in [0, 0.05) is 31.0 Å². The fourth-order valence-electron chi connectivity index (χ4n) is 3.30. The second kappa shape index (κ2) is 7.58. The Bertz CT molecular complexity index is 944. The normalized spacial score (nSPS) is 14.1. The molecule has 136 valence electrons. The average Bonchev–Trinajstić information content (AvgIpc) is 3.22. The van der Waals surface area contributed by atoms with Crippen molar-refractivity contribution in [3.8, 4) is 0 Å². The van der Waals surface area contributed by atoms with Crippen molar-refractivity contribution in [2.45, 2.75) is 13.0 Å². The van der Waals surface area contributed by atoms with Crippen LogP contribution in [0.2, 0.25) is 0 Å². The zero-order valence-corrected chi connectivity index (χ0v) is 14.9. The van der Waals surface area contributed by atoms with Crippen molar-refractivity contribution in [3.05, 3.63) is 95.6 Å². The molecule has 1 amide bonds. The first kappa shape index (κ1) is 17.2. The van der Waals surface area contributed by atoms with Gasteiger partial charge in [0.25, 0.3) is 5.91 Å². The van der Waals surface area contributed by atoms with Gasteiger partial charge in [0.1, 0.15) is 5.82 Å². The first-order valence-electron chi connectivity index (χ1n) is 9.00. The molecule has 0 radical (unpaired) electrons. The minimum absolute atomic E-state index is 0.0371. The zero-order chi connectivity index (χ0) is 18.6. The molecule has 1 aromatic heterocycles. The summed E-state index contributed by atoms with van der Waals surface area (Å²) >= 11 is 0. The molecule has 0 saturated heterocycles. The van der Waals surface area contributed by atoms with Crippen LogP contribution in [0.5, 0.6) is 0 Å². The molecule has 0 aliphatic carbocycles. The highest BCUT2D eigenvalue weighted by atomic mass is 19.1. The van der Waals surface area contributed by atoms with Crippen molar-refractivity contribution in [1.29, 1.82) is 0 Å². The smallest absolute Gasteiger partial charge is 0.254 e. The molecule has 2 aromatic carbocycles. The molecule has 0 saturated carbocycles. The summed E-state index contributed by atoms with van der Waals surface area (Å²) < 4.78 is 14.9. The van der Waals surface area contributed by atoms with Crippen LogP contribution in [0.15, 0.2) is 73.1 Å². The predicted octanol–water partition coefficient (Wildman–Crippen LogP) is 4.00. The van der Waals surface area contributed by atoms with Gasteiger partial charge in [0.15, 0.2) is 0 Å². The van der Waals surface area contributed by atoms with Crippen LogP contribution < -0.4 is 0 Å². The molecule has 5 heteroatoms. The lowest BCUT2D eigenvalue weighted by Crippen LogP contribution is -2.34. The molecule has 1 aliphatic heterocycles. The molecular weight excluding hydrogens is 341 g/mol. The molecule has 4 rings (SSSR count). The topological polar surface area (TPSA) is 38.1 Å². The Balaban J connectivity index is 1.40. The summed E-state index contributed by atoms with van der Waals surface area (Å²) in [5.74, 6) is -0.196. The summed E-state index contributed by atoms with van der Waals surface area (Å²) in [6, 6.07) is 16.1. The molecule has 0 fully saturated rings. The summed E-state index contributed by atoms with van der Waals surface area (Å²) in [7, 11) is 0. The van der Waals surface area contributed by atoms with E-state index in [0.717, 1.165) is 23.1 Å². The van der Waals surface area contributed by atoms with Gasteiger partial charge in [-0.1, -0.05) is 30.3 Å². The maximum Gasteiger partial charge on any atom is 0.254 e. The second-order valence-corrected chi connectivity index (χ2v) is 6.64. The Morgan fingerprint density at radius 1 is 1.07 bits per heavy atom. The van der Waals surface area contributed by atoms with Gasteiger partial charge in [-0.25, -0.2) is 4.39 Å². The molecule has 0 spiro atoms. The highest BCUT2D eigenvalue weighted by molar-refractivity contribution is 5.94. The van der Waals surface area contributed by atoms with E-state index in [4.69, 9.17) is 0 Å². The van der Waals surface area contributed by atoms with Crippen molar-refractivity contribution in [2.24, 2.45) is 0 Å². The molecule has 0 N–H and O–H groups in total. The maximum absolute atomic E-state index is 13.1. The molecule has 2 heterocycles. The van der Waals surface area contributed by atoms with E-state index >= 15 is 0 Å². The number of amides is 1. The van der Waals surface area contributed by atoms with Crippen molar-refractivity contribution in [2.75, 3.05) is 13.1 Å². The monoisotopic (exact) mass is 361 g/mol. The van der Waals surface area contributed by atoms with Crippen LogP contribution in [-0.2, 0) is 6.54 Å². The second-order valence-electron chi connectivity index (χ2n) is 6.64. The number of carbonyl (C=O) groups excluding carboxylic acids is 1. The summed E-state index contributed by atoms with van der Waals surface area (Å²) in [6.45, 7) is 1.92. The standard InChI is InChI=1S/C22H20FN3O/c23-21-8-6-18(7-9-21)19-10-14-25(15-11-19)22(27)20-4-2-17(3-5-20)16-26-13-1-12-24-26/h1-10,12-13H,11,14-16H2. The van der Waals surface area contributed by atoms with Crippen LogP contribution in [0.25, 0.3) is 5.57 Å². The molecular formula is C22H20FN3O. The number of hydrogen-bond acceptors (Lipinski definition) is 2. The van der Waals surface area contributed by atoms with Gasteiger partial charge in [-0.3, -0.25) is 9.48 Å². The Morgan fingerprint density at radius 2 is 1.85 bits per heavy atom. The van der Waals surface area contributed by atoms with Gasteiger partial charge in [-0.05, 0) is 53.5 Å². The molecule has 0 unspecified atom stereocenters. The number of aromatic nitrogens is 2. The lowest BCUT2D eigenvalue weighted by atomic mass is 9.99. The van der Waals surface area contributed by atoms with Crippen molar-refractivity contribution in [1.82, 2.24) is 14.7 Å². The summed E-state index contributed by atoms with van der Waals surface area (Å²) in [5, 5.41) is 4.19. The highest BCUT2D eigenvalue weighted by Gasteiger charge is 2.19. The first-order chi connectivity index (χ1) is 13.2. The Labute approximate surface area is 157 Å². The van der Waals surface area contributed by atoms with Crippen molar-refractivity contribution >= 4 is 11.5 Å². The molecule has 1 aliphatic rings. The van der Waals surface area contributed by atoms with E-state index in [1.54, 1.807) is 18.3 Å². The highest BCUT2D eigenvalue weighted by Crippen LogP contribution is 2.23. The lowest BCUT2D eigenvalue weighted by Gasteiger charge is -2.27. The Kier molecular flexibility index (Phi) is 4.83. The van der Waals surface area contributed by atoms with Crippen LogP contribution in [0, 0.1) is 5.82 Å². The fourth-order valence-corrected chi connectivity index (χ4v) is 3.30. The number of nitrogens with zero attached hydrogens (tertiary/aromatic N) is 3. The number of rotatable bonds is 4. The maximum atomic E-state index is 13.1. The quantitative estimate of drug-likeness (QED) is 0.704. The van der Waals surface area contributed by atoms with Crippen molar-refractivity contribution in [3.63, 3.8) is 0 Å². The molecule has 4 nitrogen and oxygen atoms in total. The van der Waals surface area contributed by atoms with E-state index in [0.29, 0.717) is 25.2 Å². The van der Waals surface area contributed by atoms with Gasteiger partial charge in [-0.2, -0.15) is 5.10 Å². The summed E-state index contributed by atoms with van der Waals surface area (Å²) in [4.78, 5) is 14.6. The average molecular weight is 361 g/mol. The third-order valence-corrected chi connectivity index (χ3v) is 4.82. The SMILES string of the molecule is O=C(c1ccc(Cn2cccn2)cc1)N1CC=C(c2ccc(F)cc2)CC1. The minimum atomic E-state index is -0.233. The van der Waals surface area contributed by atoms with Gasteiger partial charge in [-0.15, -0.1) is 0 Å². The van der Waals surface area contributed by atoms with Crippen LogP contribution >= 0.6 is 0 Å². The number of carbonyl (C=O) groups is 1. The third-order valence-electron chi connectivity index (χ3n) is 4.82. The number of hydrogen-bond donors (Lipinski definition) is 0. The van der Waals surface area contributed by atoms with E-state index in [9.17, 15) is 9.18 Å². The van der Waals surface area contributed by atoms with E-state index in [2.05, 4.69) is 11.2 Å². The number of halogens is 1. The largest absolute Gasteiger partial charge is 0.335 e. The first-order valence-corrected chi connectivity index (χ1v) is 9.00. The van der Waals surface area contributed by atoms with Crippen LogP contribution in [-0.4, -0.2) is 33.7 Å². The van der Waals surface area contributed by atoms with E-state index in [1.165, 1.54) is 12.1 Å². The molecule has 3 aromatic rings. The van der Waals surface area contributed by atoms with Crippen LogP contribution in [0.3, 0.4) is 0 Å².